The Balaban J connectivity index is 1.53. The molecule has 0 atom stereocenters. The second-order valence-electron chi connectivity index (χ2n) is 8.38. The van der Waals surface area contributed by atoms with E-state index in [1.807, 2.05) is 13.8 Å². The number of nitrogens with zero attached hydrogens (tertiary/aromatic N) is 1. The monoisotopic (exact) mass is 659 g/mol. The second-order valence-corrected chi connectivity index (χ2v) is 10.5. The molecule has 4 rings (SSSR count). The quantitative estimate of drug-likeness (QED) is 0.243. The Kier molecular flexibility index (Phi) is 8.35. The van der Waals surface area contributed by atoms with Gasteiger partial charge >= 0.3 is 6.03 Å². The van der Waals surface area contributed by atoms with Crippen LogP contribution in [0, 0.1) is 13.8 Å². The maximum absolute atomic E-state index is 13.2. The number of aryl methyl sites for hydroxylation is 2. The first-order valence-corrected chi connectivity index (χ1v) is 13.2. The molecule has 0 aliphatic carbocycles. The van der Waals surface area contributed by atoms with E-state index in [4.69, 9.17) is 16.3 Å². The SMILES string of the molecule is Cc1ccc(N2C(=O)NC(=O)/C(=C\c3cc(Br)c(OCC(=O)Nc4ccc(Cl)cc4)c(Br)c3)C2=O)cc1C. The maximum atomic E-state index is 13.2. The van der Waals surface area contributed by atoms with E-state index < -0.39 is 17.8 Å². The van der Waals surface area contributed by atoms with Crippen molar-refractivity contribution in [1.82, 2.24) is 5.32 Å². The predicted octanol–water partition coefficient (Wildman–Crippen LogP) is 6.17. The van der Waals surface area contributed by atoms with E-state index in [0.29, 0.717) is 36.7 Å². The molecular weight excluding hydrogens is 642 g/mol. The average molecular weight is 662 g/mol. The van der Waals surface area contributed by atoms with Crippen LogP contribution in [0.3, 0.4) is 0 Å². The lowest BCUT2D eigenvalue weighted by Crippen LogP contribution is -2.54. The number of carbonyl (C=O) groups excluding carboxylic acids is 4. The number of ether oxygens (including phenoxy) is 1. The molecule has 11 heteroatoms. The van der Waals surface area contributed by atoms with Crippen molar-refractivity contribution in [2.75, 3.05) is 16.8 Å². The van der Waals surface area contributed by atoms with E-state index in [9.17, 15) is 19.2 Å². The van der Waals surface area contributed by atoms with Gasteiger partial charge in [0.05, 0.1) is 14.6 Å². The highest BCUT2D eigenvalue weighted by atomic mass is 79.9. The number of halogens is 3. The molecule has 8 nitrogen and oxygen atoms in total. The van der Waals surface area contributed by atoms with Gasteiger partial charge in [0.1, 0.15) is 11.3 Å². The Morgan fingerprint density at radius 1 is 1.00 bits per heavy atom. The molecule has 0 aromatic heterocycles. The normalized spacial score (nSPS) is 14.5. The summed E-state index contributed by atoms with van der Waals surface area (Å²) in [5, 5.41) is 5.48. The van der Waals surface area contributed by atoms with Crippen LogP contribution in [0.5, 0.6) is 5.75 Å². The Hall–Kier alpha value is -3.47. The van der Waals surface area contributed by atoms with Crippen LogP contribution < -0.4 is 20.3 Å². The molecule has 5 amide bonds. The van der Waals surface area contributed by atoms with Crippen LogP contribution in [-0.2, 0) is 14.4 Å². The zero-order chi connectivity index (χ0) is 27.6. The number of hydrogen-bond acceptors (Lipinski definition) is 5. The molecule has 3 aromatic carbocycles. The van der Waals surface area contributed by atoms with Crippen molar-refractivity contribution in [2.24, 2.45) is 0 Å². The summed E-state index contributed by atoms with van der Waals surface area (Å²) < 4.78 is 6.62. The molecule has 1 saturated heterocycles. The number of barbiturate groups is 1. The lowest BCUT2D eigenvalue weighted by molar-refractivity contribution is -0.122. The van der Waals surface area contributed by atoms with E-state index in [1.54, 1.807) is 54.6 Å². The molecule has 1 heterocycles. The van der Waals surface area contributed by atoms with Gasteiger partial charge in [-0.25, -0.2) is 9.69 Å². The first-order chi connectivity index (χ1) is 18.0. The maximum Gasteiger partial charge on any atom is 0.335 e. The fraction of sp³-hybridized carbons (Fsp3) is 0.111. The molecule has 0 spiro atoms. The fourth-order valence-electron chi connectivity index (χ4n) is 3.59. The molecule has 1 fully saturated rings. The zero-order valence-corrected chi connectivity index (χ0v) is 24.0. The van der Waals surface area contributed by atoms with Crippen molar-refractivity contribution in [3.05, 3.63) is 90.8 Å². The first kappa shape index (κ1) is 27.6. The van der Waals surface area contributed by atoms with Gasteiger partial charge in [0.2, 0.25) is 0 Å². The summed E-state index contributed by atoms with van der Waals surface area (Å²) >= 11 is 12.7. The summed E-state index contributed by atoms with van der Waals surface area (Å²) in [4.78, 5) is 51.5. The summed E-state index contributed by atoms with van der Waals surface area (Å²) in [5.41, 5.74) is 3.11. The zero-order valence-electron chi connectivity index (χ0n) is 20.1. The summed E-state index contributed by atoms with van der Waals surface area (Å²) in [5.74, 6) is -1.57. The number of benzene rings is 3. The van der Waals surface area contributed by atoms with Gasteiger partial charge in [-0.15, -0.1) is 0 Å². The minimum absolute atomic E-state index is 0.211. The minimum Gasteiger partial charge on any atom is -0.481 e. The summed E-state index contributed by atoms with van der Waals surface area (Å²) in [6, 6.07) is 14.3. The number of amides is 5. The Labute approximate surface area is 240 Å². The number of rotatable bonds is 6. The van der Waals surface area contributed by atoms with Crippen molar-refractivity contribution in [1.29, 1.82) is 0 Å². The topological polar surface area (TPSA) is 105 Å². The number of anilines is 2. The van der Waals surface area contributed by atoms with Crippen molar-refractivity contribution in [3.8, 4) is 5.75 Å². The van der Waals surface area contributed by atoms with Gasteiger partial charge in [-0.3, -0.25) is 19.7 Å². The molecule has 2 N–H and O–H groups in total. The molecule has 194 valence electrons. The Morgan fingerprint density at radius 2 is 1.66 bits per heavy atom. The third-order valence-electron chi connectivity index (χ3n) is 5.66. The van der Waals surface area contributed by atoms with E-state index in [0.717, 1.165) is 16.0 Å². The van der Waals surface area contributed by atoms with Crippen LogP contribution in [0.15, 0.2) is 69.1 Å². The molecule has 0 radical (unpaired) electrons. The minimum atomic E-state index is -0.816. The first-order valence-electron chi connectivity index (χ1n) is 11.2. The van der Waals surface area contributed by atoms with Gasteiger partial charge in [0, 0.05) is 10.7 Å². The lowest BCUT2D eigenvalue weighted by Gasteiger charge is -2.27. The number of carbonyl (C=O) groups is 4. The third kappa shape index (κ3) is 6.15. The van der Waals surface area contributed by atoms with Gasteiger partial charge < -0.3 is 10.1 Å². The Bertz CT molecular complexity index is 1480. The molecule has 1 aliphatic rings. The van der Waals surface area contributed by atoms with Crippen LogP contribution in [0.25, 0.3) is 6.08 Å². The molecule has 38 heavy (non-hydrogen) atoms. The summed E-state index contributed by atoms with van der Waals surface area (Å²) in [7, 11) is 0. The summed E-state index contributed by atoms with van der Waals surface area (Å²) in [6.07, 6.45) is 1.38. The predicted molar refractivity (Wildman–Crippen MR) is 152 cm³/mol. The highest BCUT2D eigenvalue weighted by Crippen LogP contribution is 2.36. The van der Waals surface area contributed by atoms with Crippen LogP contribution in [0.2, 0.25) is 5.02 Å². The van der Waals surface area contributed by atoms with Crippen LogP contribution in [0.4, 0.5) is 16.2 Å². The van der Waals surface area contributed by atoms with Gasteiger partial charge in [0.25, 0.3) is 17.7 Å². The largest absolute Gasteiger partial charge is 0.481 e. The Morgan fingerprint density at radius 3 is 2.29 bits per heavy atom. The van der Waals surface area contributed by atoms with Crippen LogP contribution in [-0.4, -0.2) is 30.4 Å². The fourth-order valence-corrected chi connectivity index (χ4v) is 5.17. The van der Waals surface area contributed by atoms with Gasteiger partial charge in [-0.2, -0.15) is 0 Å². The number of urea groups is 1. The standard InChI is InChI=1S/C27H20Br2ClN3O5/c1-14-3-8-19(9-15(14)2)33-26(36)20(25(35)32-27(33)37)10-16-11-21(28)24(22(29)12-16)38-13-23(34)31-18-6-4-17(30)5-7-18/h3-12H,13H2,1-2H3,(H,31,34)(H,32,35,37)/b20-10+. The molecule has 1 aliphatic heterocycles. The van der Waals surface area contributed by atoms with Crippen molar-refractivity contribution < 1.29 is 23.9 Å². The van der Waals surface area contributed by atoms with Crippen molar-refractivity contribution >= 4 is 84.7 Å². The van der Waals surface area contributed by atoms with E-state index in [1.165, 1.54) is 6.08 Å². The molecule has 0 bridgehead atoms. The van der Waals surface area contributed by atoms with Gasteiger partial charge in [-0.05, 0) is 117 Å². The third-order valence-corrected chi connectivity index (χ3v) is 7.09. The highest BCUT2D eigenvalue weighted by molar-refractivity contribution is 9.11. The second kappa shape index (κ2) is 11.5. The van der Waals surface area contributed by atoms with Gasteiger partial charge in [-0.1, -0.05) is 17.7 Å². The van der Waals surface area contributed by atoms with Crippen LogP contribution in [0.1, 0.15) is 16.7 Å². The number of imide groups is 2. The smallest absolute Gasteiger partial charge is 0.335 e. The lowest BCUT2D eigenvalue weighted by atomic mass is 10.1. The van der Waals surface area contributed by atoms with E-state index in [-0.39, 0.29) is 18.1 Å². The van der Waals surface area contributed by atoms with Crippen molar-refractivity contribution in [2.45, 2.75) is 13.8 Å². The van der Waals surface area contributed by atoms with Crippen molar-refractivity contribution in [3.63, 3.8) is 0 Å². The summed E-state index contributed by atoms with van der Waals surface area (Å²) in [6.45, 7) is 3.52. The van der Waals surface area contributed by atoms with Gasteiger partial charge in [0.15, 0.2) is 6.61 Å². The molecule has 0 saturated carbocycles. The molecular formula is C27H20Br2ClN3O5. The van der Waals surface area contributed by atoms with Crippen LogP contribution >= 0.6 is 43.5 Å². The highest BCUT2D eigenvalue weighted by Gasteiger charge is 2.37. The number of nitrogens with one attached hydrogen (secondary N) is 2. The van der Waals surface area contributed by atoms with E-state index in [2.05, 4.69) is 42.5 Å². The number of hydrogen-bond donors (Lipinski definition) is 2. The average Bonchev–Trinajstić information content (AvgIpc) is 2.85. The molecule has 3 aromatic rings. The molecule has 0 unspecified atom stereocenters. The van der Waals surface area contributed by atoms with E-state index >= 15 is 0 Å².